The van der Waals surface area contributed by atoms with Crippen LogP contribution in [0.25, 0.3) is 0 Å². The Hall–Kier alpha value is -1.75. The van der Waals surface area contributed by atoms with Crippen LogP contribution in [0.5, 0.6) is 0 Å². The van der Waals surface area contributed by atoms with Crippen LogP contribution in [-0.2, 0) is 11.3 Å². The zero-order valence-corrected chi connectivity index (χ0v) is 12.7. The van der Waals surface area contributed by atoms with Gasteiger partial charge in [-0.1, -0.05) is 17.7 Å². The van der Waals surface area contributed by atoms with E-state index in [1.807, 2.05) is 0 Å². The zero-order valence-electron chi connectivity index (χ0n) is 11.9. The number of carboxylic acid groups (broad SMARTS) is 1. The number of rotatable bonds is 3. The van der Waals surface area contributed by atoms with Crippen LogP contribution in [0.2, 0.25) is 5.02 Å². The maximum absolute atomic E-state index is 11.8. The maximum atomic E-state index is 11.8. The molecule has 0 radical (unpaired) electrons. The number of nitrogens with zero attached hydrogens (tertiary/aromatic N) is 1. The van der Waals surface area contributed by atoms with E-state index >= 15 is 0 Å². The van der Waals surface area contributed by atoms with Crippen LogP contribution in [0.15, 0.2) is 18.2 Å². The van der Waals surface area contributed by atoms with Crippen LogP contribution in [0.1, 0.15) is 36.7 Å². The first kappa shape index (κ1) is 16.3. The molecular weight excluding hydrogens is 282 g/mol. The van der Waals surface area contributed by atoms with E-state index in [9.17, 15) is 9.59 Å². The molecule has 0 aliphatic carbocycles. The van der Waals surface area contributed by atoms with Crippen LogP contribution in [0, 0.1) is 0 Å². The summed E-state index contributed by atoms with van der Waals surface area (Å²) < 4.78 is 5.22. The van der Waals surface area contributed by atoms with Crippen LogP contribution in [-0.4, -0.2) is 34.7 Å². The Kier molecular flexibility index (Phi) is 5.00. The number of hydrogen-bond acceptors (Lipinski definition) is 3. The molecule has 0 fully saturated rings. The summed E-state index contributed by atoms with van der Waals surface area (Å²) in [6, 6.07) is 4.63. The van der Waals surface area contributed by atoms with E-state index in [4.69, 9.17) is 21.4 Å². The van der Waals surface area contributed by atoms with Gasteiger partial charge in [-0.05, 0) is 38.5 Å². The standard InChI is InChI=1S/C14H18ClNO4/c1-14(2,3)20-13(19)16(4)8-9-5-6-11(15)10(7-9)12(17)18/h5-7H,8H2,1-4H3,(H,17,18). The summed E-state index contributed by atoms with van der Waals surface area (Å²) in [6.07, 6.45) is -0.468. The number of benzene rings is 1. The molecule has 1 rings (SSSR count). The van der Waals surface area contributed by atoms with Crippen molar-refractivity contribution in [3.05, 3.63) is 34.3 Å². The van der Waals surface area contributed by atoms with Gasteiger partial charge in [0, 0.05) is 13.6 Å². The van der Waals surface area contributed by atoms with Gasteiger partial charge < -0.3 is 14.7 Å². The molecule has 6 heteroatoms. The molecule has 0 heterocycles. The minimum atomic E-state index is -1.10. The number of carboxylic acids is 1. The molecule has 110 valence electrons. The molecule has 20 heavy (non-hydrogen) atoms. The van der Waals surface area contributed by atoms with E-state index in [0.717, 1.165) is 0 Å². The van der Waals surface area contributed by atoms with Crippen molar-refractivity contribution in [3.8, 4) is 0 Å². The number of halogens is 1. The molecule has 0 atom stereocenters. The molecular formula is C14H18ClNO4. The van der Waals surface area contributed by atoms with E-state index in [2.05, 4.69) is 0 Å². The second kappa shape index (κ2) is 6.13. The first-order chi connectivity index (χ1) is 9.10. The largest absolute Gasteiger partial charge is 0.478 e. The monoisotopic (exact) mass is 299 g/mol. The Morgan fingerprint density at radius 2 is 1.95 bits per heavy atom. The van der Waals surface area contributed by atoms with Gasteiger partial charge in [-0.25, -0.2) is 9.59 Å². The van der Waals surface area contributed by atoms with E-state index in [0.29, 0.717) is 5.56 Å². The third kappa shape index (κ3) is 4.74. The Balaban J connectivity index is 2.81. The van der Waals surface area contributed by atoms with Crippen molar-refractivity contribution in [2.45, 2.75) is 32.9 Å². The van der Waals surface area contributed by atoms with E-state index < -0.39 is 17.7 Å². The zero-order chi connectivity index (χ0) is 15.5. The molecule has 0 saturated heterocycles. The molecule has 0 bridgehead atoms. The second-order valence-corrected chi connectivity index (χ2v) is 5.86. The van der Waals surface area contributed by atoms with Crippen LogP contribution >= 0.6 is 11.6 Å². The summed E-state index contributed by atoms with van der Waals surface area (Å²) in [6.45, 7) is 5.59. The quantitative estimate of drug-likeness (QED) is 0.929. The smallest absolute Gasteiger partial charge is 0.410 e. The summed E-state index contributed by atoms with van der Waals surface area (Å²) in [5.74, 6) is -1.10. The Morgan fingerprint density at radius 1 is 1.35 bits per heavy atom. The van der Waals surface area contributed by atoms with Gasteiger partial charge in [0.25, 0.3) is 0 Å². The van der Waals surface area contributed by atoms with Crippen molar-refractivity contribution in [2.24, 2.45) is 0 Å². The van der Waals surface area contributed by atoms with Crippen molar-refractivity contribution in [2.75, 3.05) is 7.05 Å². The lowest BCUT2D eigenvalue weighted by Gasteiger charge is -2.24. The van der Waals surface area contributed by atoms with Crippen molar-refractivity contribution < 1.29 is 19.4 Å². The van der Waals surface area contributed by atoms with Crippen molar-refractivity contribution in [1.82, 2.24) is 4.90 Å². The SMILES string of the molecule is CN(Cc1ccc(Cl)c(C(=O)O)c1)C(=O)OC(C)(C)C. The topological polar surface area (TPSA) is 66.8 Å². The first-order valence-corrected chi connectivity index (χ1v) is 6.44. The van der Waals surface area contributed by atoms with Gasteiger partial charge in [-0.2, -0.15) is 0 Å². The highest BCUT2D eigenvalue weighted by molar-refractivity contribution is 6.33. The third-order valence-corrected chi connectivity index (χ3v) is 2.72. The average molecular weight is 300 g/mol. The van der Waals surface area contributed by atoms with E-state index in [1.54, 1.807) is 33.9 Å². The van der Waals surface area contributed by atoms with E-state index in [1.165, 1.54) is 17.0 Å². The van der Waals surface area contributed by atoms with Gasteiger partial charge in [0.2, 0.25) is 0 Å². The third-order valence-electron chi connectivity index (χ3n) is 2.39. The number of amides is 1. The van der Waals surface area contributed by atoms with Crippen LogP contribution in [0.3, 0.4) is 0 Å². The Morgan fingerprint density at radius 3 is 2.45 bits per heavy atom. The molecule has 0 aliphatic heterocycles. The summed E-state index contributed by atoms with van der Waals surface area (Å²) in [4.78, 5) is 24.2. The highest BCUT2D eigenvalue weighted by atomic mass is 35.5. The molecule has 1 amide bonds. The fraction of sp³-hybridized carbons (Fsp3) is 0.429. The summed E-state index contributed by atoms with van der Waals surface area (Å²) in [7, 11) is 1.59. The minimum Gasteiger partial charge on any atom is -0.478 e. The van der Waals surface area contributed by atoms with Crippen molar-refractivity contribution in [1.29, 1.82) is 0 Å². The number of ether oxygens (including phenoxy) is 1. The fourth-order valence-electron chi connectivity index (χ4n) is 1.51. The molecule has 1 N–H and O–H groups in total. The van der Waals surface area contributed by atoms with Crippen molar-refractivity contribution >= 4 is 23.7 Å². The van der Waals surface area contributed by atoms with Gasteiger partial charge in [0.1, 0.15) is 5.60 Å². The summed E-state index contributed by atoms with van der Waals surface area (Å²) in [5, 5.41) is 9.16. The lowest BCUT2D eigenvalue weighted by Crippen LogP contribution is -2.33. The summed E-state index contributed by atoms with van der Waals surface area (Å²) >= 11 is 5.79. The number of aromatic carboxylic acids is 1. The van der Waals surface area contributed by atoms with Crippen LogP contribution < -0.4 is 0 Å². The van der Waals surface area contributed by atoms with Crippen LogP contribution in [0.4, 0.5) is 4.79 Å². The highest BCUT2D eigenvalue weighted by Gasteiger charge is 2.20. The predicted molar refractivity (Wildman–Crippen MR) is 76.1 cm³/mol. The highest BCUT2D eigenvalue weighted by Crippen LogP contribution is 2.19. The Bertz CT molecular complexity index is 522. The van der Waals surface area contributed by atoms with Gasteiger partial charge in [0.05, 0.1) is 10.6 Å². The molecule has 1 aromatic rings. The number of carbonyl (C=O) groups excluding carboxylic acids is 1. The molecule has 0 aliphatic rings. The lowest BCUT2D eigenvalue weighted by molar-refractivity contribution is 0.0285. The van der Waals surface area contributed by atoms with Gasteiger partial charge in [0.15, 0.2) is 0 Å². The van der Waals surface area contributed by atoms with Gasteiger partial charge in [-0.3, -0.25) is 0 Å². The number of hydrogen-bond donors (Lipinski definition) is 1. The number of carbonyl (C=O) groups is 2. The molecule has 0 spiro atoms. The minimum absolute atomic E-state index is 0.0155. The van der Waals surface area contributed by atoms with E-state index in [-0.39, 0.29) is 17.1 Å². The molecule has 0 saturated carbocycles. The normalized spacial score (nSPS) is 11.1. The molecule has 1 aromatic carbocycles. The fourth-order valence-corrected chi connectivity index (χ4v) is 1.71. The maximum Gasteiger partial charge on any atom is 0.410 e. The van der Waals surface area contributed by atoms with Crippen molar-refractivity contribution in [3.63, 3.8) is 0 Å². The molecule has 5 nitrogen and oxygen atoms in total. The Labute approximate surface area is 123 Å². The molecule has 0 aromatic heterocycles. The molecule has 0 unspecified atom stereocenters. The average Bonchev–Trinajstić information content (AvgIpc) is 2.28. The first-order valence-electron chi connectivity index (χ1n) is 6.06. The second-order valence-electron chi connectivity index (χ2n) is 5.46. The lowest BCUT2D eigenvalue weighted by atomic mass is 10.1. The van der Waals surface area contributed by atoms with Gasteiger partial charge in [-0.15, -0.1) is 0 Å². The predicted octanol–water partition coefficient (Wildman–Crippen LogP) is 3.41. The van der Waals surface area contributed by atoms with Gasteiger partial charge >= 0.3 is 12.1 Å². The summed E-state index contributed by atoms with van der Waals surface area (Å²) in [5.41, 5.74) is 0.110.